The van der Waals surface area contributed by atoms with Gasteiger partial charge in [-0.15, -0.1) is 0 Å². The van der Waals surface area contributed by atoms with Crippen LogP contribution >= 0.6 is 8.25 Å². The van der Waals surface area contributed by atoms with E-state index in [-0.39, 0.29) is 13.2 Å². The lowest BCUT2D eigenvalue weighted by atomic mass is 10.6. The van der Waals surface area contributed by atoms with Crippen LogP contribution in [0.3, 0.4) is 0 Å². The van der Waals surface area contributed by atoms with Crippen molar-refractivity contribution in [1.82, 2.24) is 29.5 Å². The minimum atomic E-state index is -2.51. The summed E-state index contributed by atoms with van der Waals surface area (Å²) in [7, 11) is -2.51. The lowest BCUT2D eigenvalue weighted by molar-refractivity contribution is 0.261. The molecular formula is C10H13N6O3P. The summed E-state index contributed by atoms with van der Waals surface area (Å²) >= 11 is 0. The maximum atomic E-state index is 11.4. The molecule has 2 aromatic rings. The highest BCUT2D eigenvalue weighted by Gasteiger charge is 1.95. The van der Waals surface area contributed by atoms with Crippen LogP contribution in [-0.4, -0.2) is 42.7 Å². The van der Waals surface area contributed by atoms with Gasteiger partial charge in [-0.3, -0.25) is 4.57 Å². The van der Waals surface area contributed by atoms with Gasteiger partial charge in [0.2, 0.25) is 0 Å². The van der Waals surface area contributed by atoms with Gasteiger partial charge in [0.05, 0.1) is 13.2 Å². The van der Waals surface area contributed by atoms with E-state index < -0.39 is 8.25 Å². The molecule has 9 nitrogen and oxygen atoms in total. The van der Waals surface area contributed by atoms with E-state index in [1.54, 1.807) is 24.6 Å². The molecule has 0 aliphatic heterocycles. The van der Waals surface area contributed by atoms with Crippen LogP contribution in [0.5, 0.6) is 0 Å². The summed E-state index contributed by atoms with van der Waals surface area (Å²) in [6.07, 6.45) is 12.5. The second kappa shape index (κ2) is 8.16. The molecule has 2 rings (SSSR count). The molecule has 10 heteroatoms. The minimum Gasteiger partial charge on any atom is -0.306 e. The van der Waals surface area contributed by atoms with Gasteiger partial charge in [0.1, 0.15) is 25.3 Å². The van der Waals surface area contributed by atoms with Crippen molar-refractivity contribution in [3.05, 3.63) is 37.5 Å². The van der Waals surface area contributed by atoms with Crippen molar-refractivity contribution in [2.24, 2.45) is 0 Å². The molecule has 0 radical (unpaired) electrons. The number of aromatic nitrogens is 6. The van der Waals surface area contributed by atoms with Crippen molar-refractivity contribution in [2.45, 2.75) is 0 Å². The quantitative estimate of drug-likeness (QED) is 0.668. The Balaban J connectivity index is 1.58. The number of nitrogens with zero attached hydrogens (tertiary/aromatic N) is 6. The van der Waals surface area contributed by atoms with E-state index in [0.29, 0.717) is 0 Å². The topological polar surface area (TPSA) is 97.0 Å². The first-order chi connectivity index (χ1) is 9.84. The molecule has 2 aromatic heterocycles. The molecule has 0 aliphatic carbocycles. The van der Waals surface area contributed by atoms with Crippen molar-refractivity contribution in [3.8, 4) is 0 Å². The molecule has 0 amide bonds. The van der Waals surface area contributed by atoms with Gasteiger partial charge < -0.3 is 9.05 Å². The highest BCUT2D eigenvalue weighted by molar-refractivity contribution is 7.33. The predicted octanol–water partition coefficient (Wildman–Crippen LogP) is 0.934. The summed E-state index contributed by atoms with van der Waals surface area (Å²) in [6, 6.07) is 0. The zero-order valence-electron chi connectivity index (χ0n) is 10.4. The van der Waals surface area contributed by atoms with Crippen molar-refractivity contribution < 1.29 is 13.6 Å². The monoisotopic (exact) mass is 296 g/mol. The summed E-state index contributed by atoms with van der Waals surface area (Å²) < 4.78 is 24.3. The van der Waals surface area contributed by atoms with Gasteiger partial charge in [-0.2, -0.15) is 10.2 Å². The molecular weight excluding hydrogens is 283 g/mol. The van der Waals surface area contributed by atoms with Gasteiger partial charge in [0.15, 0.2) is 0 Å². The first-order valence-corrected chi connectivity index (χ1v) is 6.88. The highest BCUT2D eigenvalue weighted by Crippen LogP contribution is 2.23. The van der Waals surface area contributed by atoms with Gasteiger partial charge in [-0.1, -0.05) is 0 Å². The molecule has 106 valence electrons. The zero-order chi connectivity index (χ0) is 14.0. The molecule has 0 atom stereocenters. The van der Waals surface area contributed by atoms with Gasteiger partial charge in [-0.05, 0) is 12.2 Å². The van der Waals surface area contributed by atoms with Crippen LogP contribution in [0.25, 0.3) is 12.4 Å². The first kappa shape index (κ1) is 14.3. The maximum Gasteiger partial charge on any atom is 0.319 e. The molecule has 0 aliphatic rings. The summed E-state index contributed by atoms with van der Waals surface area (Å²) in [5.74, 6) is 0. The first-order valence-electron chi connectivity index (χ1n) is 5.65. The largest absolute Gasteiger partial charge is 0.319 e. The standard InChI is InChI=1S/C10H13N6O3P/c17-20(18-5-1-3-15-9-11-7-13-15)19-6-2-4-16-10-12-8-14-16/h1-4,7-10,20H,5-6H2. The van der Waals surface area contributed by atoms with E-state index in [9.17, 15) is 4.57 Å². The average Bonchev–Trinajstić information content (AvgIpc) is 3.13. The zero-order valence-corrected chi connectivity index (χ0v) is 11.4. The van der Waals surface area contributed by atoms with E-state index in [2.05, 4.69) is 20.2 Å². The number of hydrogen-bond donors (Lipinski definition) is 0. The average molecular weight is 296 g/mol. The maximum absolute atomic E-state index is 11.4. The molecule has 20 heavy (non-hydrogen) atoms. The lowest BCUT2D eigenvalue weighted by Crippen LogP contribution is -1.90. The molecule has 0 N–H and O–H groups in total. The molecule has 0 saturated carbocycles. The van der Waals surface area contributed by atoms with Gasteiger partial charge in [0.25, 0.3) is 0 Å². The van der Waals surface area contributed by atoms with Crippen LogP contribution in [-0.2, 0) is 13.6 Å². The minimum absolute atomic E-state index is 0.171. The number of hydrogen-bond acceptors (Lipinski definition) is 7. The summed E-state index contributed by atoms with van der Waals surface area (Å²) in [6.45, 7) is 0.342. The fourth-order valence-corrected chi connectivity index (χ4v) is 1.71. The van der Waals surface area contributed by atoms with E-state index in [4.69, 9.17) is 9.05 Å². The summed E-state index contributed by atoms with van der Waals surface area (Å²) in [4.78, 5) is 7.54. The van der Waals surface area contributed by atoms with Crippen LogP contribution < -0.4 is 0 Å². The normalized spacial score (nSPS) is 13.4. The van der Waals surface area contributed by atoms with Crippen LogP contribution in [0.15, 0.2) is 37.5 Å². The van der Waals surface area contributed by atoms with Crippen molar-refractivity contribution in [2.75, 3.05) is 13.2 Å². The second-order valence-electron chi connectivity index (χ2n) is 3.39. The molecule has 2 heterocycles. The van der Waals surface area contributed by atoms with E-state index >= 15 is 0 Å². The van der Waals surface area contributed by atoms with Crippen LogP contribution in [0.2, 0.25) is 0 Å². The molecule has 0 spiro atoms. The van der Waals surface area contributed by atoms with Gasteiger partial charge in [-0.25, -0.2) is 19.3 Å². The van der Waals surface area contributed by atoms with E-state index in [0.717, 1.165) is 0 Å². The van der Waals surface area contributed by atoms with E-state index in [1.807, 2.05) is 0 Å². The van der Waals surface area contributed by atoms with Crippen LogP contribution in [0, 0.1) is 0 Å². The fraction of sp³-hybridized carbons (Fsp3) is 0.200. The Bertz CT molecular complexity index is 516. The highest BCUT2D eigenvalue weighted by atomic mass is 31.1. The van der Waals surface area contributed by atoms with Crippen molar-refractivity contribution in [1.29, 1.82) is 0 Å². The Labute approximate surface area is 115 Å². The molecule has 0 fully saturated rings. The van der Waals surface area contributed by atoms with E-state index in [1.165, 1.54) is 34.7 Å². The van der Waals surface area contributed by atoms with Crippen LogP contribution in [0.1, 0.15) is 0 Å². The Hall–Kier alpha value is -2.09. The number of rotatable bonds is 8. The fourth-order valence-electron chi connectivity index (χ4n) is 1.16. The SMILES string of the molecule is O=[PH](OCC=Cn1cncn1)OCC=Cn1cncn1. The van der Waals surface area contributed by atoms with Gasteiger partial charge >= 0.3 is 8.25 Å². The predicted molar refractivity (Wildman–Crippen MR) is 71.6 cm³/mol. The van der Waals surface area contributed by atoms with Gasteiger partial charge in [0, 0.05) is 12.4 Å². The van der Waals surface area contributed by atoms with Crippen LogP contribution in [0.4, 0.5) is 0 Å². The lowest BCUT2D eigenvalue weighted by Gasteiger charge is -2.00. The molecule has 0 saturated heterocycles. The Morgan fingerprint density at radius 1 is 0.950 bits per heavy atom. The van der Waals surface area contributed by atoms with Crippen molar-refractivity contribution in [3.63, 3.8) is 0 Å². The Kier molecular flexibility index (Phi) is 5.84. The third kappa shape index (κ3) is 5.27. The Morgan fingerprint density at radius 3 is 1.85 bits per heavy atom. The second-order valence-corrected chi connectivity index (χ2v) is 4.47. The molecule has 0 unspecified atom stereocenters. The summed E-state index contributed by atoms with van der Waals surface area (Å²) in [5.41, 5.74) is 0. The molecule has 0 aromatic carbocycles. The van der Waals surface area contributed by atoms with Crippen molar-refractivity contribution >= 4 is 20.7 Å². The summed E-state index contributed by atoms with van der Waals surface area (Å²) in [5, 5.41) is 7.72. The third-order valence-electron chi connectivity index (χ3n) is 1.98. The molecule has 0 bridgehead atoms. The Morgan fingerprint density at radius 2 is 1.45 bits per heavy atom. The smallest absolute Gasteiger partial charge is 0.306 e. The third-order valence-corrected chi connectivity index (χ3v) is 2.79.